The van der Waals surface area contributed by atoms with Crippen molar-refractivity contribution in [2.45, 2.75) is 19.9 Å². The molecule has 2 heterocycles. The number of hydrogen-bond acceptors (Lipinski definition) is 5. The van der Waals surface area contributed by atoms with Gasteiger partial charge in [0.1, 0.15) is 10.6 Å². The molecule has 0 saturated heterocycles. The first-order valence-electron chi connectivity index (χ1n) is 4.77. The second-order valence-corrected chi connectivity index (χ2v) is 4.37. The summed E-state index contributed by atoms with van der Waals surface area (Å²) in [5.41, 5.74) is 0.412. The molecule has 0 aromatic carbocycles. The first-order chi connectivity index (χ1) is 7.74. The van der Waals surface area contributed by atoms with Crippen molar-refractivity contribution in [2.75, 3.05) is 0 Å². The van der Waals surface area contributed by atoms with Gasteiger partial charge in [-0.1, -0.05) is 23.0 Å². The average molecular weight is 257 g/mol. The summed E-state index contributed by atoms with van der Waals surface area (Å²) in [6.45, 7) is 2.68. The summed E-state index contributed by atoms with van der Waals surface area (Å²) in [5, 5.41) is 8.06. The average Bonchev–Trinajstić information content (AvgIpc) is 2.88. The van der Waals surface area contributed by atoms with E-state index in [1.807, 2.05) is 6.92 Å². The molecule has 0 aliphatic heterocycles. The van der Waals surface area contributed by atoms with Gasteiger partial charge in [0.25, 0.3) is 0 Å². The van der Waals surface area contributed by atoms with Crippen LogP contribution in [0.4, 0.5) is 0 Å². The zero-order valence-corrected chi connectivity index (χ0v) is 10.1. The van der Waals surface area contributed by atoms with Crippen LogP contribution >= 0.6 is 23.1 Å². The van der Waals surface area contributed by atoms with Crippen LogP contribution in [0.5, 0.6) is 0 Å². The van der Waals surface area contributed by atoms with Crippen LogP contribution in [-0.2, 0) is 6.54 Å². The van der Waals surface area contributed by atoms with E-state index in [-0.39, 0.29) is 5.78 Å². The standard InChI is InChI=1S/C9H9ClN4OS/c1-2-3-14-8(6(10)4-12-14)9(15)7-5-11-13-16-7/h4-5H,2-3H2,1H3. The zero-order valence-electron chi connectivity index (χ0n) is 8.55. The predicted octanol–water partition coefficient (Wildman–Crippen LogP) is 2.03. The van der Waals surface area contributed by atoms with Crippen LogP contribution < -0.4 is 0 Å². The molecule has 0 saturated carbocycles. The number of rotatable bonds is 4. The molecule has 0 atom stereocenters. The fourth-order valence-corrected chi connectivity index (χ4v) is 2.04. The molecular weight excluding hydrogens is 248 g/mol. The summed E-state index contributed by atoms with van der Waals surface area (Å²) >= 11 is 7.01. The summed E-state index contributed by atoms with van der Waals surface area (Å²) in [6.07, 6.45) is 3.81. The summed E-state index contributed by atoms with van der Waals surface area (Å²) in [5.74, 6) is -0.175. The SMILES string of the molecule is CCCn1ncc(Cl)c1C(=O)c1cnns1. The third-order valence-corrected chi connectivity index (χ3v) is 2.97. The number of nitrogens with zero attached hydrogens (tertiary/aromatic N) is 4. The number of carbonyl (C=O) groups is 1. The molecule has 0 unspecified atom stereocenters. The molecule has 0 bridgehead atoms. The highest BCUT2D eigenvalue weighted by Crippen LogP contribution is 2.20. The summed E-state index contributed by atoms with van der Waals surface area (Å²) in [7, 11) is 0. The van der Waals surface area contributed by atoms with E-state index >= 15 is 0 Å². The van der Waals surface area contributed by atoms with E-state index in [2.05, 4.69) is 14.7 Å². The van der Waals surface area contributed by atoms with Gasteiger partial charge in [0.15, 0.2) is 0 Å². The highest BCUT2D eigenvalue weighted by Gasteiger charge is 2.20. The molecule has 2 aromatic rings. The Morgan fingerprint density at radius 3 is 3.00 bits per heavy atom. The van der Waals surface area contributed by atoms with Crippen LogP contribution in [0, 0.1) is 0 Å². The van der Waals surface area contributed by atoms with E-state index in [9.17, 15) is 4.79 Å². The molecule has 16 heavy (non-hydrogen) atoms. The maximum atomic E-state index is 12.1. The third kappa shape index (κ3) is 1.98. The fraction of sp³-hybridized carbons (Fsp3) is 0.333. The lowest BCUT2D eigenvalue weighted by Gasteiger charge is -2.03. The van der Waals surface area contributed by atoms with Gasteiger partial charge in [0, 0.05) is 6.54 Å². The van der Waals surface area contributed by atoms with Gasteiger partial charge in [0.05, 0.1) is 17.4 Å². The summed E-state index contributed by atoms with van der Waals surface area (Å²) < 4.78 is 5.27. The van der Waals surface area contributed by atoms with Gasteiger partial charge in [-0.2, -0.15) is 5.10 Å². The number of carbonyl (C=O) groups excluding carboxylic acids is 1. The van der Waals surface area contributed by atoms with Crippen molar-refractivity contribution in [2.24, 2.45) is 0 Å². The molecular formula is C9H9ClN4OS. The zero-order chi connectivity index (χ0) is 11.5. The van der Waals surface area contributed by atoms with E-state index in [1.54, 1.807) is 4.68 Å². The second kappa shape index (κ2) is 4.71. The van der Waals surface area contributed by atoms with Gasteiger partial charge >= 0.3 is 0 Å². The quantitative estimate of drug-likeness (QED) is 0.786. The second-order valence-electron chi connectivity index (χ2n) is 3.18. The Hall–Kier alpha value is -1.27. The van der Waals surface area contributed by atoms with E-state index in [0.29, 0.717) is 22.1 Å². The van der Waals surface area contributed by atoms with Gasteiger partial charge in [-0.15, -0.1) is 5.10 Å². The van der Waals surface area contributed by atoms with Gasteiger partial charge in [-0.25, -0.2) is 0 Å². The van der Waals surface area contributed by atoms with E-state index in [1.165, 1.54) is 12.4 Å². The van der Waals surface area contributed by atoms with Crippen molar-refractivity contribution in [3.63, 3.8) is 0 Å². The lowest BCUT2D eigenvalue weighted by Crippen LogP contribution is -2.11. The van der Waals surface area contributed by atoms with Crippen molar-refractivity contribution in [1.29, 1.82) is 0 Å². The van der Waals surface area contributed by atoms with Crippen molar-refractivity contribution < 1.29 is 4.79 Å². The largest absolute Gasteiger partial charge is 0.286 e. The molecule has 0 radical (unpaired) electrons. The number of ketones is 1. The number of hydrogen-bond donors (Lipinski definition) is 0. The molecule has 0 N–H and O–H groups in total. The fourth-order valence-electron chi connectivity index (χ4n) is 1.35. The van der Waals surface area contributed by atoms with Crippen LogP contribution in [0.25, 0.3) is 0 Å². The summed E-state index contributed by atoms with van der Waals surface area (Å²) in [6, 6.07) is 0. The Balaban J connectivity index is 2.39. The van der Waals surface area contributed by atoms with Crippen LogP contribution in [0.15, 0.2) is 12.4 Å². The molecule has 0 amide bonds. The van der Waals surface area contributed by atoms with Crippen molar-refractivity contribution in [1.82, 2.24) is 19.4 Å². The van der Waals surface area contributed by atoms with Crippen molar-refractivity contribution in [3.8, 4) is 0 Å². The molecule has 0 spiro atoms. The molecule has 0 fully saturated rings. The Labute approximate surface area is 101 Å². The van der Waals surface area contributed by atoms with Crippen molar-refractivity contribution in [3.05, 3.63) is 28.0 Å². The van der Waals surface area contributed by atoms with Gasteiger partial charge < -0.3 is 0 Å². The number of halogens is 1. The normalized spacial score (nSPS) is 10.6. The van der Waals surface area contributed by atoms with E-state index in [4.69, 9.17) is 11.6 Å². The van der Waals surface area contributed by atoms with Crippen molar-refractivity contribution >= 4 is 28.9 Å². The third-order valence-electron chi connectivity index (χ3n) is 2.03. The molecule has 0 aliphatic carbocycles. The smallest absolute Gasteiger partial charge is 0.225 e. The Morgan fingerprint density at radius 2 is 2.38 bits per heavy atom. The minimum atomic E-state index is -0.175. The van der Waals surface area contributed by atoms with Crippen LogP contribution in [-0.4, -0.2) is 25.2 Å². The van der Waals surface area contributed by atoms with Crippen LogP contribution in [0.3, 0.4) is 0 Å². The molecule has 0 aliphatic rings. The first-order valence-corrected chi connectivity index (χ1v) is 5.92. The highest BCUT2D eigenvalue weighted by atomic mass is 35.5. The monoisotopic (exact) mass is 256 g/mol. The van der Waals surface area contributed by atoms with Gasteiger partial charge in [-0.05, 0) is 18.0 Å². The maximum Gasteiger partial charge on any atom is 0.225 e. The highest BCUT2D eigenvalue weighted by molar-refractivity contribution is 7.08. The first kappa shape index (κ1) is 11.2. The predicted molar refractivity (Wildman–Crippen MR) is 60.9 cm³/mol. The Bertz CT molecular complexity index is 494. The molecule has 5 nitrogen and oxygen atoms in total. The molecule has 2 rings (SSSR count). The maximum absolute atomic E-state index is 12.1. The summed E-state index contributed by atoms with van der Waals surface area (Å²) in [4.78, 5) is 12.5. The number of aromatic nitrogens is 4. The van der Waals surface area contributed by atoms with E-state index < -0.39 is 0 Å². The van der Waals surface area contributed by atoms with Gasteiger partial charge in [0.2, 0.25) is 5.78 Å². The lowest BCUT2D eigenvalue weighted by atomic mass is 10.2. The van der Waals surface area contributed by atoms with Crippen LogP contribution in [0.2, 0.25) is 5.02 Å². The molecule has 84 valence electrons. The van der Waals surface area contributed by atoms with Gasteiger partial charge in [-0.3, -0.25) is 9.48 Å². The minimum absolute atomic E-state index is 0.175. The minimum Gasteiger partial charge on any atom is -0.286 e. The Kier molecular flexibility index (Phi) is 3.31. The van der Waals surface area contributed by atoms with Crippen LogP contribution in [0.1, 0.15) is 28.7 Å². The van der Waals surface area contributed by atoms with E-state index in [0.717, 1.165) is 18.0 Å². The number of aryl methyl sites for hydroxylation is 1. The Morgan fingerprint density at radius 1 is 1.56 bits per heavy atom. The lowest BCUT2D eigenvalue weighted by molar-refractivity contribution is 0.103. The topological polar surface area (TPSA) is 60.7 Å². The molecule has 7 heteroatoms. The molecule has 2 aromatic heterocycles.